The molecule has 0 radical (unpaired) electrons. The average molecular weight is 237 g/mol. The van der Waals surface area contributed by atoms with Crippen LogP contribution in [-0.4, -0.2) is 0 Å². The largest absolute Gasteiger partial charge is 0.0843 e. The summed E-state index contributed by atoms with van der Waals surface area (Å²) in [4.78, 5) is 0. The second-order valence-corrected chi connectivity index (χ2v) is 4.34. The molecule has 0 spiro atoms. The van der Waals surface area contributed by atoms with E-state index in [9.17, 15) is 0 Å². The Bertz CT molecular complexity index is 490. The van der Waals surface area contributed by atoms with Crippen LogP contribution in [0.2, 0.25) is 10.0 Å². The lowest BCUT2D eigenvalue weighted by Crippen LogP contribution is -1.81. The van der Waals surface area contributed by atoms with Crippen molar-refractivity contribution in [2.75, 3.05) is 0 Å². The first-order valence-corrected chi connectivity index (χ1v) is 5.44. The molecule has 0 amide bonds. The Morgan fingerprint density at radius 1 is 0.933 bits per heavy atom. The van der Waals surface area contributed by atoms with Crippen molar-refractivity contribution in [3.05, 3.63) is 58.1 Å². The summed E-state index contributed by atoms with van der Waals surface area (Å²) in [6, 6.07) is 13.7. The van der Waals surface area contributed by atoms with Crippen molar-refractivity contribution in [1.82, 2.24) is 0 Å². The van der Waals surface area contributed by atoms with Crippen LogP contribution in [0.1, 0.15) is 5.56 Å². The van der Waals surface area contributed by atoms with Crippen LogP contribution in [0.15, 0.2) is 42.5 Å². The Labute approximate surface area is 99.5 Å². The van der Waals surface area contributed by atoms with E-state index in [1.165, 1.54) is 5.56 Å². The van der Waals surface area contributed by atoms with Gasteiger partial charge in [0.2, 0.25) is 0 Å². The molecule has 76 valence electrons. The third-order valence-electron chi connectivity index (χ3n) is 2.26. The molecule has 0 unspecified atom stereocenters. The van der Waals surface area contributed by atoms with Crippen LogP contribution in [0.5, 0.6) is 0 Å². The Balaban J connectivity index is 2.58. The molecule has 0 aromatic heterocycles. The third kappa shape index (κ3) is 2.34. The lowest BCUT2D eigenvalue weighted by molar-refractivity contribution is 1.47. The highest BCUT2D eigenvalue weighted by Gasteiger charge is 2.03. The molecular weight excluding hydrogens is 227 g/mol. The monoisotopic (exact) mass is 236 g/mol. The van der Waals surface area contributed by atoms with Crippen molar-refractivity contribution >= 4 is 23.2 Å². The number of halogens is 2. The minimum atomic E-state index is 0.727. The maximum Gasteiger partial charge on any atom is 0.0484 e. The van der Waals surface area contributed by atoms with Gasteiger partial charge in [-0.3, -0.25) is 0 Å². The highest BCUT2D eigenvalue weighted by atomic mass is 35.5. The minimum Gasteiger partial charge on any atom is -0.0843 e. The summed E-state index contributed by atoms with van der Waals surface area (Å²) in [6.07, 6.45) is 0. The van der Waals surface area contributed by atoms with Crippen LogP contribution in [-0.2, 0) is 0 Å². The van der Waals surface area contributed by atoms with Crippen molar-refractivity contribution in [2.24, 2.45) is 0 Å². The number of aryl methyl sites for hydroxylation is 1. The van der Waals surface area contributed by atoms with E-state index < -0.39 is 0 Å². The van der Waals surface area contributed by atoms with Gasteiger partial charge in [0.25, 0.3) is 0 Å². The molecule has 2 aromatic carbocycles. The van der Waals surface area contributed by atoms with E-state index in [2.05, 4.69) is 6.07 Å². The standard InChI is InChI=1S/C13H10Cl2/c1-9-5-6-13(15)12(7-9)10-3-2-4-11(14)8-10/h2-8H,1H3. The van der Waals surface area contributed by atoms with Crippen molar-refractivity contribution in [3.63, 3.8) is 0 Å². The predicted molar refractivity (Wildman–Crippen MR) is 66.6 cm³/mol. The van der Waals surface area contributed by atoms with Gasteiger partial charge in [0.05, 0.1) is 0 Å². The van der Waals surface area contributed by atoms with E-state index in [1.54, 1.807) is 0 Å². The molecule has 15 heavy (non-hydrogen) atoms. The number of hydrogen-bond donors (Lipinski definition) is 0. The van der Waals surface area contributed by atoms with Gasteiger partial charge in [0.1, 0.15) is 0 Å². The second-order valence-electron chi connectivity index (χ2n) is 3.49. The third-order valence-corrected chi connectivity index (χ3v) is 2.82. The van der Waals surface area contributed by atoms with Gasteiger partial charge < -0.3 is 0 Å². The van der Waals surface area contributed by atoms with Crippen molar-refractivity contribution < 1.29 is 0 Å². The number of rotatable bonds is 1. The molecule has 0 aliphatic carbocycles. The lowest BCUT2D eigenvalue weighted by atomic mass is 10.0. The Morgan fingerprint density at radius 3 is 2.47 bits per heavy atom. The summed E-state index contributed by atoms with van der Waals surface area (Å²) >= 11 is 12.1. The maximum absolute atomic E-state index is 6.14. The van der Waals surface area contributed by atoms with Crippen molar-refractivity contribution in [2.45, 2.75) is 6.92 Å². The first-order chi connectivity index (χ1) is 7.16. The predicted octanol–water partition coefficient (Wildman–Crippen LogP) is 4.97. The van der Waals surface area contributed by atoms with E-state index in [1.807, 2.05) is 43.3 Å². The molecule has 2 rings (SSSR count). The van der Waals surface area contributed by atoms with Crippen molar-refractivity contribution in [1.29, 1.82) is 0 Å². The molecular formula is C13H10Cl2. The van der Waals surface area contributed by atoms with Crippen LogP contribution >= 0.6 is 23.2 Å². The van der Waals surface area contributed by atoms with E-state index >= 15 is 0 Å². The summed E-state index contributed by atoms with van der Waals surface area (Å²) in [5.41, 5.74) is 3.27. The van der Waals surface area contributed by atoms with Gasteiger partial charge in [-0.25, -0.2) is 0 Å². The van der Waals surface area contributed by atoms with E-state index in [4.69, 9.17) is 23.2 Å². The van der Waals surface area contributed by atoms with Crippen LogP contribution < -0.4 is 0 Å². The van der Waals surface area contributed by atoms with E-state index in [0.29, 0.717) is 0 Å². The Hall–Kier alpha value is -0.980. The molecule has 0 aliphatic heterocycles. The van der Waals surface area contributed by atoms with Crippen LogP contribution in [0.3, 0.4) is 0 Å². The van der Waals surface area contributed by atoms with Gasteiger partial charge in [-0.15, -0.1) is 0 Å². The molecule has 0 saturated heterocycles. The topological polar surface area (TPSA) is 0 Å². The van der Waals surface area contributed by atoms with Gasteiger partial charge in [0.15, 0.2) is 0 Å². The smallest absolute Gasteiger partial charge is 0.0484 e. The first-order valence-electron chi connectivity index (χ1n) is 4.69. The van der Waals surface area contributed by atoms with Gasteiger partial charge in [0, 0.05) is 15.6 Å². The lowest BCUT2D eigenvalue weighted by Gasteiger charge is -2.06. The van der Waals surface area contributed by atoms with Gasteiger partial charge >= 0.3 is 0 Å². The Kier molecular flexibility index (Phi) is 2.99. The average Bonchev–Trinajstić information content (AvgIpc) is 2.22. The summed E-state index contributed by atoms with van der Waals surface area (Å²) in [7, 11) is 0. The zero-order chi connectivity index (χ0) is 10.8. The summed E-state index contributed by atoms with van der Waals surface area (Å²) in [5.74, 6) is 0. The molecule has 0 atom stereocenters. The molecule has 0 bridgehead atoms. The normalized spacial score (nSPS) is 10.3. The van der Waals surface area contributed by atoms with Gasteiger partial charge in [-0.2, -0.15) is 0 Å². The molecule has 0 heterocycles. The number of benzene rings is 2. The summed E-state index contributed by atoms with van der Waals surface area (Å²) in [6.45, 7) is 2.05. The van der Waals surface area contributed by atoms with E-state index in [0.717, 1.165) is 21.2 Å². The zero-order valence-corrected chi connectivity index (χ0v) is 9.81. The molecule has 0 saturated carbocycles. The van der Waals surface area contributed by atoms with Crippen LogP contribution in [0.25, 0.3) is 11.1 Å². The fourth-order valence-corrected chi connectivity index (χ4v) is 1.93. The van der Waals surface area contributed by atoms with E-state index in [-0.39, 0.29) is 0 Å². The molecule has 0 fully saturated rings. The van der Waals surface area contributed by atoms with Gasteiger partial charge in [-0.05, 0) is 36.8 Å². The maximum atomic E-state index is 6.14. The zero-order valence-electron chi connectivity index (χ0n) is 8.30. The fraction of sp³-hybridized carbons (Fsp3) is 0.0769. The summed E-state index contributed by atoms with van der Waals surface area (Å²) < 4.78 is 0. The SMILES string of the molecule is Cc1ccc(Cl)c(-c2cccc(Cl)c2)c1. The van der Waals surface area contributed by atoms with Crippen LogP contribution in [0, 0.1) is 6.92 Å². The number of hydrogen-bond acceptors (Lipinski definition) is 0. The molecule has 0 N–H and O–H groups in total. The highest BCUT2D eigenvalue weighted by Crippen LogP contribution is 2.30. The van der Waals surface area contributed by atoms with Gasteiger partial charge in [-0.1, -0.05) is 47.0 Å². The molecule has 2 heteroatoms. The van der Waals surface area contributed by atoms with Crippen LogP contribution in [0.4, 0.5) is 0 Å². The fourth-order valence-electron chi connectivity index (χ4n) is 1.52. The molecule has 0 aliphatic rings. The minimum absolute atomic E-state index is 0.727. The van der Waals surface area contributed by atoms with Crippen molar-refractivity contribution in [3.8, 4) is 11.1 Å². The quantitative estimate of drug-likeness (QED) is 0.656. The molecule has 2 aromatic rings. The first kappa shape index (κ1) is 10.5. The molecule has 0 nitrogen and oxygen atoms in total. The summed E-state index contributed by atoms with van der Waals surface area (Å²) in [5, 5.41) is 1.48. The highest BCUT2D eigenvalue weighted by molar-refractivity contribution is 6.33. The second kappa shape index (κ2) is 4.26. The Morgan fingerprint density at radius 2 is 1.73 bits per heavy atom.